The smallest absolute Gasteiger partial charge is 0.850 e. The zero-order chi connectivity index (χ0) is 24.6. The van der Waals surface area contributed by atoms with Gasteiger partial charge in [-0.1, -0.05) is 80.5 Å². The number of rotatable bonds is 6. The number of hydrogen-bond donors (Lipinski definition) is 0. The van der Waals surface area contributed by atoms with E-state index in [4.69, 9.17) is 0 Å². The number of hydrogen-bond acceptors (Lipinski definition) is 3. The van der Waals surface area contributed by atoms with Gasteiger partial charge in [0.1, 0.15) is 0 Å². The zero-order valence-electron chi connectivity index (χ0n) is 21.6. The largest absolute Gasteiger partial charge is 4.00 e. The molecule has 176 valence electrons. The van der Waals surface area contributed by atoms with E-state index < -0.39 is 16.8 Å². The Morgan fingerprint density at radius 1 is 0.742 bits per heavy atom. The van der Waals surface area contributed by atoms with Crippen molar-refractivity contribution in [2.24, 2.45) is 5.41 Å². The summed E-state index contributed by atoms with van der Waals surface area (Å²) >= 11 is 0. The molecule has 0 aliphatic heterocycles. The van der Waals surface area contributed by atoms with Gasteiger partial charge >= 0.3 is 25.8 Å². The molecule has 4 heteroatoms. The molecule has 0 atom stereocenters. The summed E-state index contributed by atoms with van der Waals surface area (Å²) in [6.45, 7) is 26.9. The fourth-order valence-corrected chi connectivity index (χ4v) is 1.96. The Morgan fingerprint density at radius 3 is 1.10 bits per heavy atom. The molecule has 0 aromatic carbocycles. The first-order valence-corrected chi connectivity index (χ1v) is 10.5. The first-order chi connectivity index (χ1) is 13.3. The summed E-state index contributed by atoms with van der Waals surface area (Å²) in [5, 5.41) is 31.9. The summed E-state index contributed by atoms with van der Waals surface area (Å²) in [6.07, 6.45) is 15.2. The first-order valence-electron chi connectivity index (χ1n) is 10.5. The Kier molecular flexibility index (Phi) is 21.8. The predicted molar refractivity (Wildman–Crippen MR) is 127 cm³/mol. The maximum atomic E-state index is 10.6. The second kappa shape index (κ2) is 17.9. The molecule has 0 radical (unpaired) electrons. The van der Waals surface area contributed by atoms with E-state index in [1.54, 1.807) is 59.8 Å². The summed E-state index contributed by atoms with van der Waals surface area (Å²) in [4.78, 5) is 0. The van der Waals surface area contributed by atoms with Crippen LogP contribution in [0.4, 0.5) is 0 Å². The Hall–Kier alpha value is -0.550. The van der Waals surface area contributed by atoms with Crippen LogP contribution in [0, 0.1) is 11.5 Å². The minimum Gasteiger partial charge on any atom is -0.850 e. The van der Waals surface area contributed by atoms with Crippen molar-refractivity contribution in [2.45, 2.75) is 105 Å². The van der Waals surface area contributed by atoms with Crippen molar-refractivity contribution in [1.82, 2.24) is 0 Å². The molecule has 0 unspecified atom stereocenters. The van der Waals surface area contributed by atoms with Crippen LogP contribution >= 0.6 is 0 Å². The van der Waals surface area contributed by atoms with E-state index in [-0.39, 0.29) is 25.8 Å². The molecule has 0 heterocycles. The van der Waals surface area contributed by atoms with Crippen molar-refractivity contribution in [1.29, 1.82) is 0 Å². The quantitative estimate of drug-likeness (QED) is 0.251. The monoisotopic (exact) mass is 598 g/mol. The maximum absolute atomic E-state index is 10.6. The standard InChI is InChI=1S/C9H13.3C6H11O.Hf/c1-9(2,3)8-6-4-5-7-8;3*1-4-5-6(2,3)7;/h4,6H,5H2,1-3H3;3*4H,1,5H2,2-3H3;/q4*-1;+4. The van der Waals surface area contributed by atoms with E-state index in [0.717, 1.165) is 6.42 Å². The van der Waals surface area contributed by atoms with Crippen molar-refractivity contribution >= 4 is 0 Å². The molecule has 31 heavy (non-hydrogen) atoms. The van der Waals surface area contributed by atoms with Gasteiger partial charge in [0.05, 0.1) is 0 Å². The molecule has 0 amide bonds. The van der Waals surface area contributed by atoms with Gasteiger partial charge < -0.3 is 15.3 Å². The average Bonchev–Trinajstić information content (AvgIpc) is 2.99. The first kappa shape index (κ1) is 37.7. The van der Waals surface area contributed by atoms with Gasteiger partial charge in [-0.05, 0) is 24.7 Å². The second-order valence-corrected chi connectivity index (χ2v) is 10.2. The Morgan fingerprint density at radius 2 is 1.03 bits per heavy atom. The van der Waals surface area contributed by atoms with Gasteiger partial charge in [-0.3, -0.25) is 6.08 Å². The fourth-order valence-electron chi connectivity index (χ4n) is 1.96. The Labute approximate surface area is 212 Å². The van der Waals surface area contributed by atoms with Gasteiger partial charge in [-0.2, -0.15) is 6.08 Å². The van der Waals surface area contributed by atoms with Gasteiger partial charge in [0.15, 0.2) is 0 Å². The molecule has 0 fully saturated rings. The zero-order valence-corrected chi connectivity index (χ0v) is 25.2. The van der Waals surface area contributed by atoms with Crippen molar-refractivity contribution in [3.63, 3.8) is 0 Å². The molecule has 0 saturated carbocycles. The van der Waals surface area contributed by atoms with Crippen LogP contribution in [-0.2, 0) is 25.8 Å². The fraction of sp³-hybridized carbons (Fsp3) is 0.630. The van der Waals surface area contributed by atoms with E-state index in [1.165, 1.54) is 5.57 Å². The van der Waals surface area contributed by atoms with Crippen LogP contribution in [0.2, 0.25) is 0 Å². The molecule has 0 spiro atoms. The molecule has 0 N–H and O–H groups in total. The summed E-state index contributed by atoms with van der Waals surface area (Å²) in [5.74, 6) is 0. The second-order valence-electron chi connectivity index (χ2n) is 10.2. The molecule has 3 nitrogen and oxygen atoms in total. The van der Waals surface area contributed by atoms with E-state index >= 15 is 0 Å². The van der Waals surface area contributed by atoms with Crippen LogP contribution < -0.4 is 15.3 Å². The minimum absolute atomic E-state index is 0. The van der Waals surface area contributed by atoms with E-state index in [2.05, 4.69) is 58.7 Å². The molecular formula is C27H46HfO3. The summed E-state index contributed by atoms with van der Waals surface area (Å²) < 4.78 is 0. The van der Waals surface area contributed by atoms with Gasteiger partial charge in [-0.15, -0.1) is 43.0 Å². The summed E-state index contributed by atoms with van der Waals surface area (Å²) in [6, 6.07) is 0. The normalized spacial score (nSPS) is 13.0. The summed E-state index contributed by atoms with van der Waals surface area (Å²) in [5.41, 5.74) is -0.805. The summed E-state index contributed by atoms with van der Waals surface area (Å²) in [7, 11) is 0. The third kappa shape index (κ3) is 37.1. The third-order valence-corrected chi connectivity index (χ3v) is 3.41. The Balaban J connectivity index is -0.000000156. The van der Waals surface area contributed by atoms with Crippen molar-refractivity contribution in [3.05, 3.63) is 61.8 Å². The van der Waals surface area contributed by atoms with Crippen molar-refractivity contribution in [2.75, 3.05) is 0 Å². The van der Waals surface area contributed by atoms with Gasteiger partial charge in [0, 0.05) is 0 Å². The molecule has 1 aliphatic rings. The van der Waals surface area contributed by atoms with Gasteiger partial charge in [-0.25, -0.2) is 11.6 Å². The minimum atomic E-state index is -0.818. The van der Waals surface area contributed by atoms with Crippen molar-refractivity contribution in [3.8, 4) is 0 Å². The topological polar surface area (TPSA) is 69.2 Å². The molecule has 1 aliphatic carbocycles. The molecule has 0 bridgehead atoms. The van der Waals surface area contributed by atoms with Crippen LogP contribution in [0.5, 0.6) is 0 Å². The molecule has 0 saturated heterocycles. The SMILES string of the molecule is C=CCC(C)(C)[O-].C=CCC(C)(C)[O-].C=CCC(C)(C)[O-].CC(C)(C)C1=[C-]CC=C1.[Hf+4]. The third-order valence-electron chi connectivity index (χ3n) is 3.41. The predicted octanol–water partition coefficient (Wildman–Crippen LogP) is 4.82. The number of allylic oxidation sites excluding steroid dienone is 4. The van der Waals surface area contributed by atoms with Crippen LogP contribution in [0.3, 0.4) is 0 Å². The van der Waals surface area contributed by atoms with E-state index in [9.17, 15) is 15.3 Å². The molecule has 0 aromatic heterocycles. The van der Waals surface area contributed by atoms with Gasteiger partial charge in [0.2, 0.25) is 0 Å². The van der Waals surface area contributed by atoms with Crippen LogP contribution in [0.15, 0.2) is 55.7 Å². The van der Waals surface area contributed by atoms with Crippen LogP contribution in [0.1, 0.15) is 88.0 Å². The van der Waals surface area contributed by atoms with Crippen LogP contribution in [0.25, 0.3) is 0 Å². The van der Waals surface area contributed by atoms with Gasteiger partial charge in [0.25, 0.3) is 0 Å². The van der Waals surface area contributed by atoms with Crippen LogP contribution in [-0.4, -0.2) is 16.8 Å². The van der Waals surface area contributed by atoms with Crippen molar-refractivity contribution < 1.29 is 41.2 Å². The Bertz CT molecular complexity index is 483. The average molecular weight is 597 g/mol. The van der Waals surface area contributed by atoms with E-state index in [1.807, 2.05) is 0 Å². The molecular weight excluding hydrogens is 551 g/mol. The molecule has 0 aromatic rings. The maximum Gasteiger partial charge on any atom is 4.00 e. The van der Waals surface area contributed by atoms with E-state index in [0.29, 0.717) is 24.7 Å². The molecule has 1 rings (SSSR count).